The minimum atomic E-state index is -4.62. The van der Waals surface area contributed by atoms with Crippen molar-refractivity contribution in [2.75, 3.05) is 25.2 Å². The van der Waals surface area contributed by atoms with Crippen LogP contribution in [0.4, 0.5) is 24.8 Å². The van der Waals surface area contributed by atoms with E-state index in [4.69, 9.17) is 25.9 Å². The number of nitrogens with zero attached hydrogens (tertiary/aromatic N) is 3. The van der Waals surface area contributed by atoms with E-state index >= 15 is 0 Å². The smallest absolute Gasteiger partial charge is 0.420 e. The Labute approximate surface area is 188 Å². The van der Waals surface area contributed by atoms with Crippen molar-refractivity contribution in [3.63, 3.8) is 0 Å². The molecule has 1 saturated heterocycles. The SMILES string of the molecule is CC(C)(C)ON1CCC(c2ccc(Nc3ncc(C(F)(F)F)c(Cl)n3)c3c2OCO3)CC1. The molecule has 1 aromatic heterocycles. The summed E-state index contributed by atoms with van der Waals surface area (Å²) in [5, 5.41) is 4.20. The van der Waals surface area contributed by atoms with Crippen LogP contribution in [0.3, 0.4) is 0 Å². The van der Waals surface area contributed by atoms with Gasteiger partial charge >= 0.3 is 6.18 Å². The molecule has 0 aliphatic carbocycles. The highest BCUT2D eigenvalue weighted by Gasteiger charge is 2.35. The molecule has 1 N–H and O–H groups in total. The zero-order chi connectivity index (χ0) is 23.1. The average Bonchev–Trinajstić information content (AvgIpc) is 3.17. The molecule has 4 rings (SSSR count). The largest absolute Gasteiger partial charge is 0.453 e. The van der Waals surface area contributed by atoms with Gasteiger partial charge < -0.3 is 14.8 Å². The first-order chi connectivity index (χ1) is 15.0. The highest BCUT2D eigenvalue weighted by atomic mass is 35.5. The third kappa shape index (κ3) is 5.02. The zero-order valence-corrected chi connectivity index (χ0v) is 18.7. The summed E-state index contributed by atoms with van der Waals surface area (Å²) in [5.74, 6) is 1.32. The molecule has 7 nitrogen and oxygen atoms in total. The third-order valence-electron chi connectivity index (χ3n) is 5.14. The molecule has 3 heterocycles. The van der Waals surface area contributed by atoms with Gasteiger partial charge in [0.1, 0.15) is 10.7 Å². The quantitative estimate of drug-likeness (QED) is 0.586. The molecule has 0 amide bonds. The minimum Gasteiger partial charge on any atom is -0.453 e. The number of nitrogens with one attached hydrogen (secondary N) is 1. The number of piperidine rings is 1. The molecule has 32 heavy (non-hydrogen) atoms. The Kier molecular flexibility index (Phi) is 6.12. The molecule has 0 radical (unpaired) electrons. The first kappa shape index (κ1) is 22.9. The molecule has 0 bridgehead atoms. The Bertz CT molecular complexity index is 989. The van der Waals surface area contributed by atoms with E-state index < -0.39 is 16.9 Å². The predicted molar refractivity (Wildman–Crippen MR) is 112 cm³/mol. The summed E-state index contributed by atoms with van der Waals surface area (Å²) >= 11 is 5.69. The van der Waals surface area contributed by atoms with Crippen molar-refractivity contribution in [1.29, 1.82) is 0 Å². The summed E-state index contributed by atoms with van der Waals surface area (Å²) in [4.78, 5) is 13.4. The van der Waals surface area contributed by atoms with Crippen LogP contribution >= 0.6 is 11.6 Å². The summed E-state index contributed by atoms with van der Waals surface area (Å²) in [6.45, 7) is 7.73. The van der Waals surface area contributed by atoms with E-state index in [0.717, 1.165) is 31.5 Å². The van der Waals surface area contributed by atoms with E-state index in [0.29, 0.717) is 23.4 Å². The molecular formula is C21H24ClF3N4O3. The van der Waals surface area contributed by atoms with Gasteiger partial charge in [0.05, 0.1) is 11.3 Å². The van der Waals surface area contributed by atoms with Crippen molar-refractivity contribution < 1.29 is 27.5 Å². The Balaban J connectivity index is 1.51. The van der Waals surface area contributed by atoms with Gasteiger partial charge in [0.2, 0.25) is 12.7 Å². The molecular weight excluding hydrogens is 449 g/mol. The number of hydrogen-bond acceptors (Lipinski definition) is 7. The monoisotopic (exact) mass is 472 g/mol. The van der Waals surface area contributed by atoms with Crippen LogP contribution in [0.1, 0.15) is 50.7 Å². The molecule has 2 aliphatic rings. The van der Waals surface area contributed by atoms with Gasteiger partial charge in [0.15, 0.2) is 11.5 Å². The summed E-state index contributed by atoms with van der Waals surface area (Å²) < 4.78 is 50.0. The third-order valence-corrected chi connectivity index (χ3v) is 5.43. The Morgan fingerprint density at radius 3 is 2.44 bits per heavy atom. The van der Waals surface area contributed by atoms with Crippen LogP contribution in [0.2, 0.25) is 5.15 Å². The van der Waals surface area contributed by atoms with Crippen molar-refractivity contribution in [3.8, 4) is 11.5 Å². The van der Waals surface area contributed by atoms with Crippen molar-refractivity contribution >= 4 is 23.2 Å². The number of hydrogen-bond donors (Lipinski definition) is 1. The van der Waals surface area contributed by atoms with Crippen LogP contribution in [0.15, 0.2) is 18.3 Å². The number of anilines is 2. The topological polar surface area (TPSA) is 68.7 Å². The fraction of sp³-hybridized carbons (Fsp3) is 0.524. The van der Waals surface area contributed by atoms with Crippen LogP contribution in [0, 0.1) is 0 Å². The number of hydroxylamine groups is 2. The molecule has 174 valence electrons. The first-order valence-corrected chi connectivity index (χ1v) is 10.6. The zero-order valence-electron chi connectivity index (χ0n) is 17.9. The second-order valence-corrected chi connectivity index (χ2v) is 9.05. The summed E-state index contributed by atoms with van der Waals surface area (Å²) in [7, 11) is 0. The molecule has 0 unspecified atom stereocenters. The fourth-order valence-corrected chi connectivity index (χ4v) is 4.05. The van der Waals surface area contributed by atoms with Gasteiger partial charge in [-0.25, -0.2) is 9.97 Å². The standard InChI is InChI=1S/C21H24ClF3N4O3/c1-20(2,3)32-29-8-6-12(7-9-29)13-4-5-15(17-16(13)30-11-31-17)27-19-26-10-14(18(22)28-19)21(23,24)25/h4-5,10,12H,6-9,11H2,1-3H3,(H,26,27,28). The van der Waals surface area contributed by atoms with Gasteiger partial charge in [0.25, 0.3) is 0 Å². The van der Waals surface area contributed by atoms with Gasteiger partial charge in [-0.15, -0.1) is 0 Å². The fourth-order valence-electron chi connectivity index (χ4n) is 3.81. The van der Waals surface area contributed by atoms with Gasteiger partial charge in [-0.1, -0.05) is 17.7 Å². The molecule has 2 aliphatic heterocycles. The highest BCUT2D eigenvalue weighted by Crippen LogP contribution is 2.47. The molecule has 0 saturated carbocycles. The van der Waals surface area contributed by atoms with E-state index in [2.05, 4.69) is 15.3 Å². The maximum Gasteiger partial charge on any atom is 0.420 e. The van der Waals surface area contributed by atoms with Crippen LogP contribution in [-0.2, 0) is 11.0 Å². The summed E-state index contributed by atoms with van der Waals surface area (Å²) in [6, 6.07) is 3.72. The molecule has 2 aromatic rings. The Hall–Kier alpha value is -2.30. The van der Waals surface area contributed by atoms with E-state index in [9.17, 15) is 13.2 Å². The lowest BCUT2D eigenvalue weighted by Crippen LogP contribution is -2.39. The number of rotatable bonds is 4. The lowest BCUT2D eigenvalue weighted by molar-refractivity contribution is -0.236. The van der Waals surface area contributed by atoms with Crippen molar-refractivity contribution in [2.45, 2.75) is 51.3 Å². The van der Waals surface area contributed by atoms with E-state index in [-0.39, 0.29) is 24.3 Å². The molecule has 1 fully saturated rings. The second-order valence-electron chi connectivity index (χ2n) is 8.69. The van der Waals surface area contributed by atoms with E-state index in [1.54, 1.807) is 6.07 Å². The Morgan fingerprint density at radius 2 is 1.81 bits per heavy atom. The van der Waals surface area contributed by atoms with Crippen molar-refractivity contribution in [2.24, 2.45) is 0 Å². The van der Waals surface area contributed by atoms with E-state index in [1.807, 2.05) is 31.9 Å². The lowest BCUT2D eigenvalue weighted by Gasteiger charge is -2.35. The maximum atomic E-state index is 12.9. The average molecular weight is 473 g/mol. The van der Waals surface area contributed by atoms with Crippen LogP contribution in [0.25, 0.3) is 0 Å². The number of halogens is 4. The van der Waals surface area contributed by atoms with Crippen molar-refractivity contribution in [1.82, 2.24) is 15.0 Å². The maximum absolute atomic E-state index is 12.9. The number of fused-ring (bicyclic) bond motifs is 1. The summed E-state index contributed by atoms with van der Waals surface area (Å²) in [5.41, 5.74) is 0.198. The number of aromatic nitrogens is 2. The molecule has 0 atom stereocenters. The van der Waals surface area contributed by atoms with Crippen LogP contribution < -0.4 is 14.8 Å². The second kappa shape index (κ2) is 8.57. The van der Waals surface area contributed by atoms with Crippen LogP contribution in [-0.4, -0.2) is 40.5 Å². The Morgan fingerprint density at radius 1 is 1.12 bits per heavy atom. The molecule has 0 spiro atoms. The number of benzene rings is 1. The highest BCUT2D eigenvalue weighted by molar-refractivity contribution is 6.30. The summed E-state index contributed by atoms with van der Waals surface area (Å²) in [6.07, 6.45) is -2.17. The van der Waals surface area contributed by atoms with Gasteiger partial charge in [-0.05, 0) is 45.6 Å². The lowest BCUT2D eigenvalue weighted by atomic mass is 9.89. The van der Waals surface area contributed by atoms with Gasteiger partial charge in [-0.3, -0.25) is 4.84 Å². The number of ether oxygens (including phenoxy) is 2. The normalized spacial score (nSPS) is 17.6. The number of alkyl halides is 3. The van der Waals surface area contributed by atoms with Crippen LogP contribution in [0.5, 0.6) is 11.5 Å². The molecule has 1 aromatic carbocycles. The van der Waals surface area contributed by atoms with Crippen molar-refractivity contribution in [3.05, 3.63) is 34.6 Å². The molecule has 11 heteroatoms. The van der Waals surface area contributed by atoms with Gasteiger partial charge in [0, 0.05) is 24.8 Å². The predicted octanol–water partition coefficient (Wildman–Crippen LogP) is 5.53. The first-order valence-electron chi connectivity index (χ1n) is 10.2. The minimum absolute atomic E-state index is 0.0572. The van der Waals surface area contributed by atoms with Gasteiger partial charge in [-0.2, -0.15) is 18.2 Å². The van der Waals surface area contributed by atoms with E-state index in [1.165, 1.54) is 0 Å².